The first-order chi connectivity index (χ1) is 8.76. The smallest absolute Gasteiger partial charge is 0.263 e. The molecule has 0 bridgehead atoms. The second-order valence-electron chi connectivity index (χ2n) is 3.80. The standard InChI is InChI=1S/C13H23N3O2/c1-3-5-8-18-9-6-7-16-13(17)12(10-14)11-15-4-2/h11,15H,3-9H2,1-2H3,(H,16,17)/b12-11-. The van der Waals surface area contributed by atoms with Gasteiger partial charge in [-0.25, -0.2) is 0 Å². The van der Waals surface area contributed by atoms with E-state index in [-0.39, 0.29) is 11.5 Å². The normalized spacial score (nSPS) is 10.8. The predicted octanol–water partition coefficient (Wildman–Crippen LogP) is 1.33. The van der Waals surface area contributed by atoms with Gasteiger partial charge in [-0.2, -0.15) is 5.26 Å². The number of carbonyl (C=O) groups excluding carboxylic acids is 1. The van der Waals surface area contributed by atoms with Crippen LogP contribution in [0.2, 0.25) is 0 Å². The van der Waals surface area contributed by atoms with Gasteiger partial charge in [0.15, 0.2) is 0 Å². The largest absolute Gasteiger partial charge is 0.390 e. The Kier molecular flexibility index (Phi) is 10.9. The van der Waals surface area contributed by atoms with Crippen molar-refractivity contribution in [3.8, 4) is 6.07 Å². The monoisotopic (exact) mass is 253 g/mol. The summed E-state index contributed by atoms with van der Waals surface area (Å²) in [5, 5.41) is 14.3. The first-order valence-corrected chi connectivity index (χ1v) is 6.45. The van der Waals surface area contributed by atoms with Crippen LogP contribution in [-0.4, -0.2) is 32.2 Å². The lowest BCUT2D eigenvalue weighted by molar-refractivity contribution is -0.117. The number of nitrogens with one attached hydrogen (secondary N) is 2. The van der Waals surface area contributed by atoms with Crippen LogP contribution in [0.15, 0.2) is 11.8 Å². The lowest BCUT2D eigenvalue weighted by Gasteiger charge is -2.05. The van der Waals surface area contributed by atoms with Crippen molar-refractivity contribution in [1.82, 2.24) is 10.6 Å². The molecule has 0 heterocycles. The van der Waals surface area contributed by atoms with Gasteiger partial charge < -0.3 is 15.4 Å². The van der Waals surface area contributed by atoms with Crippen molar-refractivity contribution in [2.45, 2.75) is 33.1 Å². The van der Waals surface area contributed by atoms with E-state index in [2.05, 4.69) is 17.6 Å². The van der Waals surface area contributed by atoms with Crippen LogP contribution in [0.1, 0.15) is 33.1 Å². The summed E-state index contributed by atoms with van der Waals surface area (Å²) in [4.78, 5) is 11.5. The fourth-order valence-corrected chi connectivity index (χ4v) is 1.17. The van der Waals surface area contributed by atoms with Gasteiger partial charge in [0.2, 0.25) is 0 Å². The summed E-state index contributed by atoms with van der Waals surface area (Å²) < 4.78 is 5.36. The van der Waals surface area contributed by atoms with E-state index in [1.807, 2.05) is 13.0 Å². The number of hydrogen-bond donors (Lipinski definition) is 2. The number of nitrogens with zero attached hydrogens (tertiary/aromatic N) is 1. The van der Waals surface area contributed by atoms with Crippen molar-refractivity contribution in [3.63, 3.8) is 0 Å². The molecule has 0 saturated heterocycles. The molecule has 0 aromatic rings. The van der Waals surface area contributed by atoms with E-state index in [1.54, 1.807) is 0 Å². The third-order valence-corrected chi connectivity index (χ3v) is 2.21. The Morgan fingerprint density at radius 1 is 1.33 bits per heavy atom. The zero-order chi connectivity index (χ0) is 13.6. The van der Waals surface area contributed by atoms with Gasteiger partial charge in [-0.1, -0.05) is 13.3 Å². The number of amides is 1. The molecule has 0 aliphatic heterocycles. The SMILES string of the molecule is CCCCOCCCNC(=O)/C(C#N)=C\NCC. The predicted molar refractivity (Wildman–Crippen MR) is 70.7 cm³/mol. The molecule has 5 heteroatoms. The van der Waals surface area contributed by atoms with E-state index in [0.717, 1.165) is 25.9 Å². The molecule has 102 valence electrons. The summed E-state index contributed by atoms with van der Waals surface area (Å²) in [6.07, 6.45) is 4.39. The summed E-state index contributed by atoms with van der Waals surface area (Å²) in [7, 11) is 0. The van der Waals surface area contributed by atoms with Crippen LogP contribution in [0.5, 0.6) is 0 Å². The first kappa shape index (κ1) is 16.5. The van der Waals surface area contributed by atoms with E-state index in [1.165, 1.54) is 6.20 Å². The Morgan fingerprint density at radius 2 is 2.06 bits per heavy atom. The van der Waals surface area contributed by atoms with Crippen LogP contribution in [0.4, 0.5) is 0 Å². The third kappa shape index (κ3) is 8.59. The maximum Gasteiger partial charge on any atom is 0.263 e. The average molecular weight is 253 g/mol. The van der Waals surface area contributed by atoms with Gasteiger partial charge in [0.05, 0.1) is 0 Å². The molecule has 0 atom stereocenters. The Hall–Kier alpha value is -1.54. The van der Waals surface area contributed by atoms with Crippen LogP contribution in [0.3, 0.4) is 0 Å². The molecule has 0 rings (SSSR count). The fraction of sp³-hybridized carbons (Fsp3) is 0.692. The van der Waals surface area contributed by atoms with E-state index < -0.39 is 0 Å². The highest BCUT2D eigenvalue weighted by atomic mass is 16.5. The van der Waals surface area contributed by atoms with Crippen LogP contribution >= 0.6 is 0 Å². The number of hydrogen-bond acceptors (Lipinski definition) is 4. The molecule has 0 fully saturated rings. The van der Waals surface area contributed by atoms with E-state index in [4.69, 9.17) is 10.00 Å². The zero-order valence-electron chi connectivity index (χ0n) is 11.3. The highest BCUT2D eigenvalue weighted by molar-refractivity contribution is 5.97. The Balaban J connectivity index is 3.66. The molecule has 0 saturated carbocycles. The van der Waals surface area contributed by atoms with Gasteiger partial charge >= 0.3 is 0 Å². The highest BCUT2D eigenvalue weighted by Crippen LogP contribution is 1.92. The summed E-state index contributed by atoms with van der Waals surface area (Å²) in [6, 6.07) is 1.86. The summed E-state index contributed by atoms with van der Waals surface area (Å²) in [5.41, 5.74) is 0.101. The van der Waals surface area contributed by atoms with Gasteiger partial charge in [-0.3, -0.25) is 4.79 Å². The molecule has 0 spiro atoms. The van der Waals surface area contributed by atoms with E-state index >= 15 is 0 Å². The van der Waals surface area contributed by atoms with Crippen molar-refractivity contribution in [2.75, 3.05) is 26.3 Å². The van der Waals surface area contributed by atoms with Gasteiger partial charge in [0, 0.05) is 32.5 Å². The molecule has 0 aromatic carbocycles. The second-order valence-corrected chi connectivity index (χ2v) is 3.80. The van der Waals surface area contributed by atoms with Crippen molar-refractivity contribution in [1.29, 1.82) is 5.26 Å². The quantitative estimate of drug-likeness (QED) is 0.350. The number of unbranched alkanes of at least 4 members (excludes halogenated alkanes) is 1. The molecule has 5 nitrogen and oxygen atoms in total. The van der Waals surface area contributed by atoms with E-state index in [9.17, 15) is 4.79 Å². The van der Waals surface area contributed by atoms with Crippen LogP contribution in [-0.2, 0) is 9.53 Å². The van der Waals surface area contributed by atoms with Crippen LogP contribution in [0.25, 0.3) is 0 Å². The molecule has 0 radical (unpaired) electrons. The van der Waals surface area contributed by atoms with Gasteiger partial charge in [-0.05, 0) is 19.8 Å². The van der Waals surface area contributed by atoms with Crippen molar-refractivity contribution in [2.24, 2.45) is 0 Å². The summed E-state index contributed by atoms with van der Waals surface area (Å²) >= 11 is 0. The van der Waals surface area contributed by atoms with Gasteiger partial charge in [0.25, 0.3) is 5.91 Å². The maximum atomic E-state index is 11.5. The molecule has 0 aromatic heterocycles. The Bertz CT molecular complexity index is 295. The van der Waals surface area contributed by atoms with Crippen molar-refractivity contribution < 1.29 is 9.53 Å². The summed E-state index contributed by atoms with van der Waals surface area (Å²) in [6.45, 7) is 6.63. The minimum atomic E-state index is -0.341. The molecular formula is C13H23N3O2. The minimum Gasteiger partial charge on any atom is -0.390 e. The molecule has 2 N–H and O–H groups in total. The van der Waals surface area contributed by atoms with Crippen LogP contribution in [0, 0.1) is 11.3 Å². The van der Waals surface area contributed by atoms with E-state index in [0.29, 0.717) is 19.7 Å². The third-order valence-electron chi connectivity index (χ3n) is 2.21. The molecule has 0 aliphatic carbocycles. The van der Waals surface area contributed by atoms with Crippen LogP contribution < -0.4 is 10.6 Å². The Morgan fingerprint density at radius 3 is 2.67 bits per heavy atom. The van der Waals surface area contributed by atoms with Gasteiger partial charge in [-0.15, -0.1) is 0 Å². The molecule has 0 unspecified atom stereocenters. The molecule has 0 aliphatic rings. The average Bonchev–Trinajstić information content (AvgIpc) is 2.38. The number of carbonyl (C=O) groups is 1. The zero-order valence-corrected chi connectivity index (χ0v) is 11.3. The lowest BCUT2D eigenvalue weighted by atomic mass is 10.3. The van der Waals surface area contributed by atoms with Gasteiger partial charge in [0.1, 0.15) is 11.6 Å². The van der Waals surface area contributed by atoms with Crippen molar-refractivity contribution in [3.05, 3.63) is 11.8 Å². The highest BCUT2D eigenvalue weighted by Gasteiger charge is 2.06. The molecule has 18 heavy (non-hydrogen) atoms. The fourth-order valence-electron chi connectivity index (χ4n) is 1.17. The summed E-state index contributed by atoms with van der Waals surface area (Å²) in [5.74, 6) is -0.341. The molecular weight excluding hydrogens is 230 g/mol. The minimum absolute atomic E-state index is 0.101. The Labute approximate surface area is 109 Å². The first-order valence-electron chi connectivity index (χ1n) is 6.45. The lowest BCUT2D eigenvalue weighted by Crippen LogP contribution is -2.27. The second kappa shape index (κ2) is 11.9. The number of nitriles is 1. The number of ether oxygens (including phenoxy) is 1. The van der Waals surface area contributed by atoms with Crippen molar-refractivity contribution >= 4 is 5.91 Å². The topological polar surface area (TPSA) is 74.1 Å². The number of rotatable bonds is 10. The molecule has 1 amide bonds. The maximum absolute atomic E-state index is 11.5.